The van der Waals surface area contributed by atoms with E-state index >= 15 is 0 Å². The number of carboxylic acids is 1. The minimum Gasteiger partial charge on any atom is -0.478 e. The zero-order chi connectivity index (χ0) is 15.1. The van der Waals surface area contributed by atoms with E-state index in [1.54, 1.807) is 7.05 Å². The molecule has 5 nitrogen and oxygen atoms in total. The number of carboxylic acid groups (broad SMARTS) is 1. The molecule has 0 aromatic carbocycles. The van der Waals surface area contributed by atoms with E-state index in [1.165, 1.54) is 22.3 Å². The minimum absolute atomic E-state index is 0.307. The predicted molar refractivity (Wildman–Crippen MR) is 78.6 cm³/mol. The molecule has 1 aromatic heterocycles. The van der Waals surface area contributed by atoms with Crippen LogP contribution in [0.1, 0.15) is 24.3 Å². The van der Waals surface area contributed by atoms with Gasteiger partial charge in [-0.2, -0.15) is 0 Å². The van der Waals surface area contributed by atoms with Crippen molar-refractivity contribution in [3.05, 3.63) is 28.0 Å². The number of hydrogen-bond donors (Lipinski definition) is 1. The van der Waals surface area contributed by atoms with Crippen LogP contribution in [0.3, 0.4) is 0 Å². The lowest BCUT2D eigenvalue weighted by Crippen LogP contribution is -2.27. The number of hydrogen-bond acceptors (Lipinski definition) is 4. The van der Waals surface area contributed by atoms with Gasteiger partial charge >= 0.3 is 12.1 Å². The third kappa shape index (κ3) is 5.88. The second-order valence-corrected chi connectivity index (χ2v) is 5.80. The van der Waals surface area contributed by atoms with Crippen LogP contribution < -0.4 is 0 Å². The Kier molecular flexibility index (Phi) is 6.24. The molecule has 1 N–H and O–H groups in total. The molecule has 0 saturated heterocycles. The summed E-state index contributed by atoms with van der Waals surface area (Å²) >= 11 is 1.43. The Morgan fingerprint density at radius 3 is 2.80 bits per heavy atom. The van der Waals surface area contributed by atoms with Crippen LogP contribution in [0.25, 0.3) is 6.08 Å². The Hall–Kier alpha value is -1.82. The van der Waals surface area contributed by atoms with E-state index in [4.69, 9.17) is 9.84 Å². The van der Waals surface area contributed by atoms with Gasteiger partial charge in [0.1, 0.15) is 0 Å². The first kappa shape index (κ1) is 16.2. The third-order valence-electron chi connectivity index (χ3n) is 2.34. The van der Waals surface area contributed by atoms with Gasteiger partial charge < -0.3 is 14.7 Å². The molecular formula is C14H19NO4S. The Morgan fingerprint density at radius 2 is 2.20 bits per heavy atom. The Morgan fingerprint density at radius 1 is 1.50 bits per heavy atom. The molecule has 1 rings (SSSR count). The SMILES string of the molecule is CC(C)COC(=O)N(C)Cc1csc(C=CC(=O)O)c1. The van der Waals surface area contributed by atoms with Gasteiger partial charge in [0.15, 0.2) is 0 Å². The molecule has 0 radical (unpaired) electrons. The van der Waals surface area contributed by atoms with Gasteiger partial charge in [0.05, 0.1) is 6.61 Å². The summed E-state index contributed by atoms with van der Waals surface area (Å²) in [6.07, 6.45) is 2.27. The monoisotopic (exact) mass is 297 g/mol. The molecule has 20 heavy (non-hydrogen) atoms. The van der Waals surface area contributed by atoms with Crippen LogP contribution in [0, 0.1) is 5.92 Å². The highest BCUT2D eigenvalue weighted by molar-refractivity contribution is 7.11. The van der Waals surface area contributed by atoms with Gasteiger partial charge in [0.25, 0.3) is 0 Å². The molecule has 1 heterocycles. The fourth-order valence-corrected chi connectivity index (χ4v) is 2.20. The average Bonchev–Trinajstić information content (AvgIpc) is 2.81. The fourth-order valence-electron chi connectivity index (χ4n) is 1.40. The molecule has 0 fully saturated rings. The maximum atomic E-state index is 11.7. The second kappa shape index (κ2) is 7.69. The smallest absolute Gasteiger partial charge is 0.409 e. The third-order valence-corrected chi connectivity index (χ3v) is 3.28. The van der Waals surface area contributed by atoms with Crippen molar-refractivity contribution in [3.63, 3.8) is 0 Å². The number of rotatable bonds is 6. The molecule has 6 heteroatoms. The van der Waals surface area contributed by atoms with Crippen LogP contribution in [-0.2, 0) is 16.1 Å². The summed E-state index contributed by atoms with van der Waals surface area (Å²) in [4.78, 5) is 24.4. The molecule has 0 aliphatic rings. The van der Waals surface area contributed by atoms with Gasteiger partial charge in [0.2, 0.25) is 0 Å². The van der Waals surface area contributed by atoms with Crippen molar-refractivity contribution in [2.24, 2.45) is 5.92 Å². The Balaban J connectivity index is 2.51. The van der Waals surface area contributed by atoms with Crippen molar-refractivity contribution in [1.29, 1.82) is 0 Å². The number of aliphatic carboxylic acids is 1. The van der Waals surface area contributed by atoms with Crippen molar-refractivity contribution in [1.82, 2.24) is 4.90 Å². The van der Waals surface area contributed by atoms with E-state index in [0.717, 1.165) is 16.5 Å². The van der Waals surface area contributed by atoms with E-state index < -0.39 is 5.97 Å². The van der Waals surface area contributed by atoms with Crippen LogP contribution in [-0.4, -0.2) is 35.7 Å². The lowest BCUT2D eigenvalue weighted by molar-refractivity contribution is -0.131. The van der Waals surface area contributed by atoms with Gasteiger partial charge in [-0.1, -0.05) is 13.8 Å². The molecule has 0 aliphatic carbocycles. The number of carbonyl (C=O) groups is 2. The molecule has 0 aliphatic heterocycles. The summed E-state index contributed by atoms with van der Waals surface area (Å²) in [7, 11) is 1.67. The summed E-state index contributed by atoms with van der Waals surface area (Å²) < 4.78 is 5.12. The number of amides is 1. The van der Waals surface area contributed by atoms with Gasteiger partial charge in [-0.15, -0.1) is 11.3 Å². The predicted octanol–water partition coefficient (Wildman–Crippen LogP) is 3.07. The van der Waals surface area contributed by atoms with Crippen LogP contribution in [0.2, 0.25) is 0 Å². The van der Waals surface area contributed by atoms with Gasteiger partial charge in [-0.25, -0.2) is 9.59 Å². The molecule has 0 bridgehead atoms. The summed E-state index contributed by atoms with van der Waals surface area (Å²) in [5, 5.41) is 10.4. The number of thiophene rings is 1. The quantitative estimate of drug-likeness (QED) is 0.819. The van der Waals surface area contributed by atoms with Gasteiger partial charge in [0, 0.05) is 24.5 Å². The minimum atomic E-state index is -0.977. The van der Waals surface area contributed by atoms with Crippen LogP contribution in [0.5, 0.6) is 0 Å². The highest BCUT2D eigenvalue weighted by Crippen LogP contribution is 2.17. The molecule has 0 saturated carbocycles. The lowest BCUT2D eigenvalue weighted by Gasteiger charge is -2.17. The Bertz CT molecular complexity index is 493. The maximum Gasteiger partial charge on any atom is 0.409 e. The van der Waals surface area contributed by atoms with Crippen molar-refractivity contribution in [2.75, 3.05) is 13.7 Å². The number of ether oxygens (including phenoxy) is 1. The molecule has 0 spiro atoms. The largest absolute Gasteiger partial charge is 0.478 e. The first-order chi connectivity index (χ1) is 9.38. The number of carbonyl (C=O) groups excluding carboxylic acids is 1. The average molecular weight is 297 g/mol. The van der Waals surface area contributed by atoms with E-state index in [2.05, 4.69) is 0 Å². The van der Waals surface area contributed by atoms with Crippen LogP contribution in [0.4, 0.5) is 4.79 Å². The van der Waals surface area contributed by atoms with E-state index in [-0.39, 0.29) is 6.09 Å². The highest BCUT2D eigenvalue weighted by Gasteiger charge is 2.12. The van der Waals surface area contributed by atoms with E-state index in [0.29, 0.717) is 19.1 Å². The molecule has 0 atom stereocenters. The van der Waals surface area contributed by atoms with E-state index in [9.17, 15) is 9.59 Å². The van der Waals surface area contributed by atoms with Gasteiger partial charge in [-0.3, -0.25) is 0 Å². The molecule has 0 unspecified atom stereocenters. The van der Waals surface area contributed by atoms with Crippen LogP contribution in [0.15, 0.2) is 17.5 Å². The molecule has 110 valence electrons. The van der Waals surface area contributed by atoms with E-state index in [1.807, 2.05) is 25.3 Å². The standard InChI is InChI=1S/C14H19NO4S/c1-10(2)8-19-14(18)15(3)7-11-6-12(20-9-11)4-5-13(16)17/h4-6,9-10H,7-8H2,1-3H3,(H,16,17). The maximum absolute atomic E-state index is 11.7. The summed E-state index contributed by atoms with van der Waals surface area (Å²) in [6, 6.07) is 1.86. The fraction of sp³-hybridized carbons (Fsp3) is 0.429. The van der Waals surface area contributed by atoms with Crippen LogP contribution >= 0.6 is 11.3 Å². The van der Waals surface area contributed by atoms with Crippen molar-refractivity contribution < 1.29 is 19.4 Å². The zero-order valence-corrected chi connectivity index (χ0v) is 12.6. The topological polar surface area (TPSA) is 66.8 Å². The summed E-state index contributed by atoms with van der Waals surface area (Å²) in [6.45, 7) is 4.80. The normalized spacial score (nSPS) is 11.0. The first-order valence-electron chi connectivity index (χ1n) is 6.24. The number of nitrogens with zero attached hydrogens (tertiary/aromatic N) is 1. The second-order valence-electron chi connectivity index (χ2n) is 4.86. The summed E-state index contributed by atoms with van der Waals surface area (Å²) in [5.74, 6) is -0.671. The van der Waals surface area contributed by atoms with Crippen molar-refractivity contribution in [2.45, 2.75) is 20.4 Å². The molecule has 1 aromatic rings. The molecular weight excluding hydrogens is 278 g/mol. The lowest BCUT2D eigenvalue weighted by atomic mass is 10.2. The first-order valence-corrected chi connectivity index (χ1v) is 7.12. The Labute approximate surface area is 122 Å². The highest BCUT2D eigenvalue weighted by atomic mass is 32.1. The van der Waals surface area contributed by atoms with Crippen molar-refractivity contribution in [3.8, 4) is 0 Å². The molecule has 1 amide bonds. The van der Waals surface area contributed by atoms with Gasteiger partial charge in [-0.05, 0) is 29.0 Å². The summed E-state index contributed by atoms with van der Waals surface area (Å²) in [5.41, 5.74) is 0.948. The zero-order valence-electron chi connectivity index (χ0n) is 11.8. The van der Waals surface area contributed by atoms with Crippen molar-refractivity contribution >= 4 is 29.5 Å².